The number of aliphatic hydroxyl groups excluding tert-OH is 1. The van der Waals surface area contributed by atoms with Gasteiger partial charge in [-0.05, 0) is 61.7 Å². The highest BCUT2D eigenvalue weighted by molar-refractivity contribution is 5.45. The zero-order valence-electron chi connectivity index (χ0n) is 14.5. The number of piperidine rings is 1. The molecule has 0 amide bonds. The van der Waals surface area contributed by atoms with E-state index in [4.69, 9.17) is 4.42 Å². The summed E-state index contributed by atoms with van der Waals surface area (Å²) in [6.45, 7) is 6.28. The largest absolute Gasteiger partial charge is 0.464 e. The van der Waals surface area contributed by atoms with Crippen LogP contribution in [-0.4, -0.2) is 29.7 Å². The highest BCUT2D eigenvalue weighted by Crippen LogP contribution is 2.20. The van der Waals surface area contributed by atoms with Crippen LogP contribution in [0.15, 0.2) is 40.8 Å². The number of furan rings is 1. The van der Waals surface area contributed by atoms with E-state index in [-0.39, 0.29) is 0 Å². The number of anilines is 1. The van der Waals surface area contributed by atoms with E-state index in [1.807, 2.05) is 12.1 Å². The highest BCUT2D eigenvalue weighted by Gasteiger charge is 2.18. The molecule has 1 fully saturated rings. The van der Waals surface area contributed by atoms with Crippen LogP contribution in [0.4, 0.5) is 5.69 Å². The predicted molar refractivity (Wildman–Crippen MR) is 96.9 cm³/mol. The molecule has 2 aromatic rings. The fourth-order valence-corrected chi connectivity index (χ4v) is 3.26. The first kappa shape index (κ1) is 17.1. The predicted octanol–water partition coefficient (Wildman–Crippen LogP) is 3.66. The van der Waals surface area contributed by atoms with Crippen molar-refractivity contribution < 1.29 is 9.52 Å². The van der Waals surface area contributed by atoms with Crippen molar-refractivity contribution in [2.24, 2.45) is 5.92 Å². The van der Waals surface area contributed by atoms with Gasteiger partial charge in [0, 0.05) is 25.3 Å². The fraction of sp³-hybridized carbons (Fsp3) is 0.500. The molecule has 0 spiro atoms. The number of nitrogens with one attached hydrogen (secondary N) is 1. The van der Waals surface area contributed by atoms with Crippen molar-refractivity contribution in [1.82, 2.24) is 4.90 Å². The van der Waals surface area contributed by atoms with Gasteiger partial charge in [-0.3, -0.25) is 4.90 Å². The molecule has 130 valence electrons. The minimum Gasteiger partial charge on any atom is -0.464 e. The van der Waals surface area contributed by atoms with Gasteiger partial charge in [0.25, 0.3) is 0 Å². The molecule has 1 aromatic carbocycles. The molecule has 0 bridgehead atoms. The summed E-state index contributed by atoms with van der Waals surface area (Å²) in [6, 6.07) is 12.7. The van der Waals surface area contributed by atoms with Crippen LogP contribution >= 0.6 is 0 Å². The number of likely N-dealkylation sites (tertiary alicyclic amines) is 1. The molecule has 0 aliphatic carbocycles. The molecule has 24 heavy (non-hydrogen) atoms. The van der Waals surface area contributed by atoms with Gasteiger partial charge in [0.1, 0.15) is 11.5 Å². The summed E-state index contributed by atoms with van der Waals surface area (Å²) >= 11 is 0. The number of benzene rings is 1. The molecule has 0 atom stereocenters. The van der Waals surface area contributed by atoms with Crippen molar-refractivity contribution in [2.75, 3.05) is 25.0 Å². The Morgan fingerprint density at radius 2 is 1.96 bits per heavy atom. The SMILES string of the molecule is CCc1ccc(CNc2cccc(CN3CCC(CO)CC3)c2)o1. The molecule has 1 saturated heterocycles. The van der Waals surface area contributed by atoms with Crippen LogP contribution in [-0.2, 0) is 19.5 Å². The Morgan fingerprint density at radius 3 is 2.67 bits per heavy atom. The fourth-order valence-electron chi connectivity index (χ4n) is 3.26. The van der Waals surface area contributed by atoms with Gasteiger partial charge in [-0.2, -0.15) is 0 Å². The lowest BCUT2D eigenvalue weighted by Crippen LogP contribution is -2.34. The van der Waals surface area contributed by atoms with E-state index in [0.717, 1.165) is 56.1 Å². The molecule has 0 radical (unpaired) electrons. The van der Waals surface area contributed by atoms with E-state index in [9.17, 15) is 5.11 Å². The van der Waals surface area contributed by atoms with Gasteiger partial charge in [0.05, 0.1) is 6.54 Å². The molecular formula is C20H28N2O2. The maximum Gasteiger partial charge on any atom is 0.123 e. The number of hydrogen-bond acceptors (Lipinski definition) is 4. The molecule has 1 aliphatic rings. The van der Waals surface area contributed by atoms with Gasteiger partial charge < -0.3 is 14.8 Å². The molecule has 2 heterocycles. The first-order valence-electron chi connectivity index (χ1n) is 9.00. The molecule has 3 rings (SSSR count). The van der Waals surface area contributed by atoms with Crippen molar-refractivity contribution >= 4 is 5.69 Å². The molecule has 4 heteroatoms. The number of aliphatic hydroxyl groups is 1. The molecule has 1 aromatic heterocycles. The second kappa shape index (κ2) is 8.36. The van der Waals surface area contributed by atoms with Crippen LogP contribution < -0.4 is 5.32 Å². The van der Waals surface area contributed by atoms with Crippen LogP contribution in [0.3, 0.4) is 0 Å². The van der Waals surface area contributed by atoms with E-state index >= 15 is 0 Å². The average Bonchev–Trinajstić information content (AvgIpc) is 3.09. The third-order valence-electron chi connectivity index (χ3n) is 4.83. The van der Waals surface area contributed by atoms with E-state index in [1.54, 1.807) is 0 Å². The number of nitrogens with zero attached hydrogens (tertiary/aromatic N) is 1. The smallest absolute Gasteiger partial charge is 0.123 e. The van der Waals surface area contributed by atoms with Crippen molar-refractivity contribution in [1.29, 1.82) is 0 Å². The average molecular weight is 328 g/mol. The summed E-state index contributed by atoms with van der Waals surface area (Å²) in [6.07, 6.45) is 3.14. The van der Waals surface area contributed by atoms with Crippen LogP contribution in [0.25, 0.3) is 0 Å². The lowest BCUT2D eigenvalue weighted by Gasteiger charge is -2.31. The Morgan fingerprint density at radius 1 is 1.17 bits per heavy atom. The molecule has 4 nitrogen and oxygen atoms in total. The maximum atomic E-state index is 9.24. The highest BCUT2D eigenvalue weighted by atomic mass is 16.3. The topological polar surface area (TPSA) is 48.6 Å². The van der Waals surface area contributed by atoms with E-state index < -0.39 is 0 Å². The summed E-state index contributed by atoms with van der Waals surface area (Å²) in [4.78, 5) is 2.48. The minimum absolute atomic E-state index is 0.333. The molecule has 0 unspecified atom stereocenters. The second-order valence-corrected chi connectivity index (χ2v) is 6.68. The first-order valence-corrected chi connectivity index (χ1v) is 9.00. The van der Waals surface area contributed by atoms with E-state index in [0.29, 0.717) is 19.1 Å². The third-order valence-corrected chi connectivity index (χ3v) is 4.83. The summed E-state index contributed by atoms with van der Waals surface area (Å²) in [5.41, 5.74) is 2.46. The monoisotopic (exact) mass is 328 g/mol. The molecule has 2 N–H and O–H groups in total. The Balaban J connectivity index is 1.52. The van der Waals surface area contributed by atoms with Crippen molar-refractivity contribution in [3.63, 3.8) is 0 Å². The Bertz CT molecular complexity index is 630. The minimum atomic E-state index is 0.333. The van der Waals surface area contributed by atoms with Crippen molar-refractivity contribution in [3.05, 3.63) is 53.5 Å². The maximum absolute atomic E-state index is 9.24. The summed E-state index contributed by atoms with van der Waals surface area (Å²) < 4.78 is 5.74. The van der Waals surface area contributed by atoms with Crippen LogP contribution in [0, 0.1) is 5.92 Å². The molecule has 0 saturated carbocycles. The molecular weight excluding hydrogens is 300 g/mol. The van der Waals surface area contributed by atoms with Crippen LogP contribution in [0.1, 0.15) is 36.8 Å². The number of rotatable bonds is 7. The van der Waals surface area contributed by atoms with E-state index in [2.05, 4.69) is 41.4 Å². The normalized spacial score (nSPS) is 16.4. The summed E-state index contributed by atoms with van der Waals surface area (Å²) in [5.74, 6) is 2.51. The summed E-state index contributed by atoms with van der Waals surface area (Å²) in [5, 5.41) is 12.7. The lowest BCUT2D eigenvalue weighted by atomic mass is 9.97. The third kappa shape index (κ3) is 4.62. The number of hydrogen-bond donors (Lipinski definition) is 2. The van der Waals surface area contributed by atoms with Crippen molar-refractivity contribution in [2.45, 2.75) is 39.3 Å². The lowest BCUT2D eigenvalue weighted by molar-refractivity contribution is 0.127. The number of aryl methyl sites for hydroxylation is 1. The van der Waals surface area contributed by atoms with Gasteiger partial charge in [-0.15, -0.1) is 0 Å². The van der Waals surface area contributed by atoms with Crippen LogP contribution in [0.2, 0.25) is 0 Å². The standard InChI is InChI=1S/C20H28N2O2/c1-2-19-6-7-20(24-19)13-21-18-5-3-4-17(12-18)14-22-10-8-16(15-23)9-11-22/h3-7,12,16,21,23H,2,8-11,13-15H2,1H3. The zero-order chi connectivity index (χ0) is 16.8. The Labute approximate surface area is 144 Å². The van der Waals surface area contributed by atoms with Gasteiger partial charge in [-0.1, -0.05) is 19.1 Å². The van der Waals surface area contributed by atoms with Gasteiger partial charge in [0.2, 0.25) is 0 Å². The Hall–Kier alpha value is -1.78. The van der Waals surface area contributed by atoms with Crippen LogP contribution in [0.5, 0.6) is 0 Å². The van der Waals surface area contributed by atoms with Gasteiger partial charge >= 0.3 is 0 Å². The zero-order valence-corrected chi connectivity index (χ0v) is 14.5. The first-order chi connectivity index (χ1) is 11.8. The van der Waals surface area contributed by atoms with Crippen molar-refractivity contribution in [3.8, 4) is 0 Å². The van der Waals surface area contributed by atoms with E-state index in [1.165, 1.54) is 5.56 Å². The Kier molecular flexibility index (Phi) is 5.94. The second-order valence-electron chi connectivity index (χ2n) is 6.68. The molecule has 1 aliphatic heterocycles. The van der Waals surface area contributed by atoms with Gasteiger partial charge in [-0.25, -0.2) is 0 Å². The van der Waals surface area contributed by atoms with Gasteiger partial charge in [0.15, 0.2) is 0 Å². The quantitative estimate of drug-likeness (QED) is 0.814. The summed E-state index contributed by atoms with van der Waals surface area (Å²) in [7, 11) is 0.